The van der Waals surface area contributed by atoms with Gasteiger partial charge in [-0.05, 0) is 131 Å². The van der Waals surface area contributed by atoms with E-state index >= 15 is 13.2 Å². The summed E-state index contributed by atoms with van der Waals surface area (Å²) in [6.07, 6.45) is 3.85. The number of hydrogen-bond acceptors (Lipinski definition) is 18. The normalized spacial score (nSPS) is 14.4. The van der Waals surface area contributed by atoms with E-state index < -0.39 is 38.5 Å². The van der Waals surface area contributed by atoms with Crippen LogP contribution < -0.4 is 10.6 Å². The zero-order chi connectivity index (χ0) is 65.0. The van der Waals surface area contributed by atoms with Crippen LogP contribution in [0, 0.1) is 37.1 Å². The smallest absolute Gasteiger partial charge is 0.324 e. The van der Waals surface area contributed by atoms with Crippen molar-refractivity contribution in [1.82, 2.24) is 68.6 Å². The molecule has 0 saturated heterocycles. The van der Waals surface area contributed by atoms with E-state index in [4.69, 9.17) is 28.8 Å². The van der Waals surface area contributed by atoms with Gasteiger partial charge >= 0.3 is 15.2 Å². The zero-order valence-electron chi connectivity index (χ0n) is 53.3. The Morgan fingerprint density at radius 1 is 0.578 bits per heavy atom. The number of nitrogens with zero attached hydrogens (tertiary/aromatic N) is 14. The summed E-state index contributed by atoms with van der Waals surface area (Å²) in [6.45, 7) is 27.3. The van der Waals surface area contributed by atoms with Crippen LogP contribution in [-0.2, 0) is 55.2 Å². The molecule has 0 bridgehead atoms. The van der Waals surface area contributed by atoms with Crippen LogP contribution in [0.5, 0.6) is 0 Å². The molecule has 0 radical (unpaired) electrons. The Bertz CT molecular complexity index is 3970. The van der Waals surface area contributed by atoms with Gasteiger partial charge in [0.25, 0.3) is 0 Å². The Morgan fingerprint density at radius 3 is 1.38 bits per heavy atom. The fraction of sp³-hybridized carbons (Fsp3) is 0.484. The van der Waals surface area contributed by atoms with Crippen molar-refractivity contribution in [2.75, 3.05) is 103 Å². The van der Waals surface area contributed by atoms with Gasteiger partial charge in [0.05, 0.1) is 49.0 Å². The molecule has 2 aromatic carbocycles. The summed E-state index contributed by atoms with van der Waals surface area (Å²) >= 11 is 0. The van der Waals surface area contributed by atoms with Gasteiger partial charge in [-0.15, -0.1) is 0 Å². The lowest BCUT2D eigenvalue weighted by atomic mass is 10.1. The average molecular weight is 1290 g/mol. The van der Waals surface area contributed by atoms with Crippen LogP contribution in [0.25, 0.3) is 44.6 Å². The zero-order valence-corrected chi connectivity index (χ0v) is 55.1. The molecule has 28 heteroatoms. The molecule has 90 heavy (non-hydrogen) atoms. The summed E-state index contributed by atoms with van der Waals surface area (Å²) in [5, 5.41) is 6.17. The highest BCUT2D eigenvalue weighted by Gasteiger charge is 2.28. The monoisotopic (exact) mass is 1280 g/mol. The van der Waals surface area contributed by atoms with E-state index in [1.807, 2.05) is 122 Å². The fourth-order valence-corrected chi connectivity index (χ4v) is 13.7. The molecule has 0 unspecified atom stereocenters. The number of fused-ring (bicyclic) bond motifs is 4. The number of nitrogens with one attached hydrogen (secondary N) is 2. The van der Waals surface area contributed by atoms with Crippen LogP contribution in [0.15, 0.2) is 60.9 Å². The fourth-order valence-electron chi connectivity index (χ4n) is 11.4. The lowest BCUT2D eigenvalue weighted by molar-refractivity contribution is 0.201. The molecule has 4 N–H and O–H groups in total. The predicted octanol–water partition coefficient (Wildman–Crippen LogP) is 11.0. The van der Waals surface area contributed by atoms with Crippen molar-refractivity contribution in [3.8, 4) is 22.5 Å². The maximum absolute atomic E-state index is 15.2. The lowest BCUT2D eigenvalue weighted by Gasteiger charge is -2.30. The van der Waals surface area contributed by atoms with Crippen molar-refractivity contribution in [3.63, 3.8) is 0 Å². The molecule has 0 atom stereocenters. The molecular formula is C62H82F4N16O6P2. The average Bonchev–Trinajstić information content (AvgIpc) is 1.61. The van der Waals surface area contributed by atoms with E-state index in [0.717, 1.165) is 87.0 Å². The van der Waals surface area contributed by atoms with Crippen molar-refractivity contribution in [3.05, 3.63) is 118 Å². The number of pyridine rings is 2. The van der Waals surface area contributed by atoms with E-state index in [2.05, 4.69) is 55.2 Å². The van der Waals surface area contributed by atoms with Crippen molar-refractivity contribution in [1.29, 1.82) is 0 Å². The van der Waals surface area contributed by atoms with Crippen molar-refractivity contribution < 1.29 is 45.5 Å². The number of anilines is 4. The molecule has 0 fully saturated rings. The predicted molar refractivity (Wildman–Crippen MR) is 341 cm³/mol. The number of benzene rings is 2. The molecule has 0 amide bonds. The lowest BCUT2D eigenvalue weighted by Crippen LogP contribution is -2.37. The van der Waals surface area contributed by atoms with Gasteiger partial charge in [-0.1, -0.05) is 12.1 Å². The largest absolute Gasteiger partial charge is 0.331 e. The summed E-state index contributed by atoms with van der Waals surface area (Å²) in [5.74, 6) is 0.280. The van der Waals surface area contributed by atoms with E-state index in [1.165, 1.54) is 12.1 Å². The van der Waals surface area contributed by atoms with E-state index in [0.29, 0.717) is 85.4 Å². The Labute approximate surface area is 522 Å². The van der Waals surface area contributed by atoms with Crippen molar-refractivity contribution >= 4 is 60.8 Å². The molecular weight excluding hydrogens is 1200 g/mol. The first kappa shape index (κ1) is 67.7. The standard InChI is InChI=1S/C33H45F2N8O3P.C29H37F2N8O3P/c1-8-45-47(44,46-9-2)17-16-41(7)14-15-42-13-12-27-23(21-42)10-11-29(38-27)39-32-36-20-26(35)30(40-32)24-18-25(34)31-28(19-24)43(22(3)37-31)33(4,5)6;1-18-33-27-21(30)14-20(15-24(27)39(18)29(2,3)4)26-22(31)16-32-28(36-26)35-25-7-6-19-17-38(9-8-23(19)34-25)11-10-37(5)12-13-43(40,41)42/h10-11,18-20H,8-9,12-17,21H2,1-7H3,(H,36,38,39,40);6-7,14-16H,8-13,17H2,1-5H3,(H2,40,41,42)(H,32,34,35,36). The minimum absolute atomic E-state index is 0.0141. The Kier molecular flexibility index (Phi) is 21.1. The minimum atomic E-state index is -4.00. The van der Waals surface area contributed by atoms with Crippen molar-refractivity contribution in [2.45, 2.75) is 106 Å². The highest BCUT2D eigenvalue weighted by atomic mass is 31.2. The van der Waals surface area contributed by atoms with E-state index in [1.54, 1.807) is 12.1 Å². The number of halogens is 4. The SMILES string of the molecule is CCOP(=O)(CCN(C)CCN1CCc2nc(Nc3ncc(F)c(-c4cc(F)c5nc(C)n(C(C)(C)C)c5c4)n3)ccc2C1)OCC.Cc1nc2c(F)cc(-c3nc(Nc4ccc5c(n4)CCN(CCN(C)CCP(=O)(O)O)C5)ncc3F)cc2n1C(C)(C)C. The molecule has 0 saturated carbocycles. The van der Waals surface area contributed by atoms with Crippen LogP contribution in [0.4, 0.5) is 41.1 Å². The summed E-state index contributed by atoms with van der Waals surface area (Å²) < 4.78 is 98.9. The molecule has 6 aromatic heterocycles. The van der Waals surface area contributed by atoms with E-state index in [-0.39, 0.29) is 57.1 Å². The van der Waals surface area contributed by atoms with Gasteiger partial charge in [0.15, 0.2) is 23.3 Å². The highest BCUT2D eigenvalue weighted by molar-refractivity contribution is 7.53. The van der Waals surface area contributed by atoms with Gasteiger partial charge in [-0.3, -0.25) is 18.9 Å². The first-order valence-electron chi connectivity index (χ1n) is 30.2. The molecule has 8 heterocycles. The third-order valence-electron chi connectivity index (χ3n) is 15.6. The second kappa shape index (κ2) is 28.0. The second-order valence-electron chi connectivity index (χ2n) is 24.8. The number of likely N-dealkylation sites (N-methyl/N-ethyl adjacent to an activating group) is 2. The molecule has 484 valence electrons. The number of aryl methyl sites for hydroxylation is 2. The quantitative estimate of drug-likeness (QED) is 0.0364. The van der Waals surface area contributed by atoms with Crippen LogP contribution in [0.3, 0.4) is 0 Å². The summed E-state index contributed by atoms with van der Waals surface area (Å²) in [5.41, 5.74) is 5.57. The molecule has 2 aliphatic heterocycles. The van der Waals surface area contributed by atoms with Gasteiger partial charge in [0, 0.05) is 112 Å². The van der Waals surface area contributed by atoms with E-state index in [9.17, 15) is 13.5 Å². The molecule has 0 spiro atoms. The molecule has 8 aromatic rings. The first-order chi connectivity index (χ1) is 42.5. The van der Waals surface area contributed by atoms with Crippen LogP contribution >= 0.6 is 15.2 Å². The maximum Gasteiger partial charge on any atom is 0.331 e. The summed E-state index contributed by atoms with van der Waals surface area (Å²) in [7, 11) is -3.19. The number of imidazole rings is 2. The summed E-state index contributed by atoms with van der Waals surface area (Å²) in [4.78, 5) is 62.3. The topological polar surface area (TPSA) is 243 Å². The van der Waals surface area contributed by atoms with Gasteiger partial charge in [0.2, 0.25) is 11.9 Å². The Balaban J connectivity index is 0.000000214. The maximum atomic E-state index is 15.2. The van der Waals surface area contributed by atoms with Gasteiger partial charge in [-0.2, -0.15) is 0 Å². The summed E-state index contributed by atoms with van der Waals surface area (Å²) in [6, 6.07) is 13.6. The number of aromatic nitrogens is 10. The molecule has 22 nitrogen and oxygen atoms in total. The molecule has 10 rings (SSSR count). The first-order valence-corrected chi connectivity index (χ1v) is 33.7. The van der Waals surface area contributed by atoms with Crippen molar-refractivity contribution in [2.24, 2.45) is 0 Å². The minimum Gasteiger partial charge on any atom is -0.324 e. The van der Waals surface area contributed by atoms with Crippen LogP contribution in [-0.4, -0.2) is 170 Å². The molecule has 0 aliphatic carbocycles. The third-order valence-corrected chi connectivity index (χ3v) is 18.5. The highest BCUT2D eigenvalue weighted by Crippen LogP contribution is 2.47. The number of hydrogen-bond donors (Lipinski definition) is 4. The van der Waals surface area contributed by atoms with Crippen LogP contribution in [0.1, 0.15) is 89.6 Å². The van der Waals surface area contributed by atoms with Gasteiger partial charge in [-0.25, -0.2) is 57.4 Å². The third kappa shape index (κ3) is 16.7. The molecule has 2 aliphatic rings. The Hall–Kier alpha value is -6.70. The van der Waals surface area contributed by atoms with Gasteiger partial charge in [0.1, 0.15) is 45.7 Å². The number of rotatable bonds is 22. The van der Waals surface area contributed by atoms with Crippen LogP contribution in [0.2, 0.25) is 0 Å². The van der Waals surface area contributed by atoms with Gasteiger partial charge < -0.3 is 48.4 Å². The Morgan fingerprint density at radius 2 is 0.989 bits per heavy atom. The second-order valence-corrected chi connectivity index (χ2v) is 28.8.